The van der Waals surface area contributed by atoms with Gasteiger partial charge >= 0.3 is 5.97 Å². The Morgan fingerprint density at radius 2 is 1.80 bits per heavy atom. The molecule has 1 N–H and O–H groups in total. The molecule has 1 aromatic heterocycles. The molecule has 0 atom stereocenters. The van der Waals surface area contributed by atoms with E-state index in [4.69, 9.17) is 9.52 Å². The number of carbonyl (C=O) groups excluding carboxylic acids is 1. The van der Waals surface area contributed by atoms with Crippen molar-refractivity contribution in [3.8, 4) is 11.3 Å². The second-order valence-corrected chi connectivity index (χ2v) is 8.35. The average molecular weight is 483 g/mol. The maximum atomic E-state index is 12.6. The van der Waals surface area contributed by atoms with E-state index in [1.165, 1.54) is 28.8 Å². The van der Waals surface area contributed by atoms with Crippen molar-refractivity contribution in [2.75, 3.05) is 7.05 Å². The smallest absolute Gasteiger partial charge is 0.335 e. The number of furan rings is 1. The van der Waals surface area contributed by atoms with E-state index in [0.29, 0.717) is 27.3 Å². The lowest BCUT2D eigenvalue weighted by Crippen LogP contribution is -2.23. The summed E-state index contributed by atoms with van der Waals surface area (Å²) in [6, 6.07) is 17.6. The molecule has 0 spiro atoms. The Hall–Kier alpha value is -3.10. The van der Waals surface area contributed by atoms with E-state index >= 15 is 0 Å². The number of aliphatic imine (C=N–C) groups is 1. The number of amides is 1. The minimum absolute atomic E-state index is 0.178. The van der Waals surface area contributed by atoms with Crippen molar-refractivity contribution in [2.24, 2.45) is 4.99 Å². The topological polar surface area (TPSA) is 83.1 Å². The van der Waals surface area contributed by atoms with Gasteiger partial charge in [-0.15, -0.1) is 0 Å². The molecule has 1 aliphatic rings. The zero-order valence-corrected chi connectivity index (χ0v) is 18.1. The molecule has 2 aromatic carbocycles. The van der Waals surface area contributed by atoms with Crippen LogP contribution in [0, 0.1) is 0 Å². The van der Waals surface area contributed by atoms with Crippen LogP contribution in [-0.2, 0) is 4.79 Å². The fraction of sp³-hybridized carbons (Fsp3) is 0.0455. The van der Waals surface area contributed by atoms with Crippen molar-refractivity contribution in [3.05, 3.63) is 81.4 Å². The zero-order valence-electron chi connectivity index (χ0n) is 15.7. The molecule has 0 aliphatic carbocycles. The number of hydrogen-bond donors (Lipinski definition) is 1. The molecule has 1 fully saturated rings. The van der Waals surface area contributed by atoms with Crippen molar-refractivity contribution < 1.29 is 19.1 Å². The maximum Gasteiger partial charge on any atom is 0.335 e. The van der Waals surface area contributed by atoms with Gasteiger partial charge in [0.1, 0.15) is 11.5 Å². The Balaban J connectivity index is 1.55. The molecule has 8 heteroatoms. The Morgan fingerprint density at radius 1 is 1.10 bits per heavy atom. The van der Waals surface area contributed by atoms with Gasteiger partial charge in [-0.2, -0.15) is 0 Å². The highest BCUT2D eigenvalue weighted by molar-refractivity contribution is 9.10. The van der Waals surface area contributed by atoms with Crippen LogP contribution in [0.25, 0.3) is 17.4 Å². The van der Waals surface area contributed by atoms with Crippen molar-refractivity contribution in [1.29, 1.82) is 0 Å². The van der Waals surface area contributed by atoms with Crippen LogP contribution >= 0.6 is 27.7 Å². The molecule has 3 aromatic rings. The summed E-state index contributed by atoms with van der Waals surface area (Å²) in [4.78, 5) is 30.0. The van der Waals surface area contributed by atoms with Gasteiger partial charge in [0.25, 0.3) is 5.91 Å². The van der Waals surface area contributed by atoms with Crippen LogP contribution in [0.2, 0.25) is 0 Å². The highest BCUT2D eigenvalue weighted by atomic mass is 79.9. The zero-order chi connectivity index (χ0) is 21.3. The summed E-state index contributed by atoms with van der Waals surface area (Å²) in [7, 11) is 1.65. The lowest BCUT2D eigenvalue weighted by molar-refractivity contribution is -0.121. The highest BCUT2D eigenvalue weighted by Crippen LogP contribution is 2.34. The minimum atomic E-state index is -0.997. The number of halogens is 1. The number of carbonyl (C=O) groups is 2. The normalized spacial score (nSPS) is 16.6. The van der Waals surface area contributed by atoms with Crippen molar-refractivity contribution >= 4 is 56.5 Å². The number of nitrogens with zero attached hydrogens (tertiary/aromatic N) is 2. The Kier molecular flexibility index (Phi) is 5.61. The predicted molar refractivity (Wildman–Crippen MR) is 121 cm³/mol. The number of amidine groups is 1. The summed E-state index contributed by atoms with van der Waals surface area (Å²) in [5.41, 5.74) is 1.69. The fourth-order valence-electron chi connectivity index (χ4n) is 2.77. The third kappa shape index (κ3) is 4.24. The number of hydrogen-bond acceptors (Lipinski definition) is 5. The minimum Gasteiger partial charge on any atom is -0.478 e. The van der Waals surface area contributed by atoms with E-state index < -0.39 is 5.97 Å². The first kappa shape index (κ1) is 20.2. The predicted octanol–water partition coefficient (Wildman–Crippen LogP) is 5.64. The third-order valence-electron chi connectivity index (χ3n) is 4.37. The van der Waals surface area contributed by atoms with E-state index in [1.54, 1.807) is 25.3 Å². The number of aromatic carboxylic acids is 1. The van der Waals surface area contributed by atoms with Gasteiger partial charge in [0, 0.05) is 23.2 Å². The Labute approximate surface area is 185 Å². The van der Waals surface area contributed by atoms with Crippen LogP contribution in [0.1, 0.15) is 16.1 Å². The molecule has 4 rings (SSSR count). The number of benzene rings is 2. The van der Waals surface area contributed by atoms with Gasteiger partial charge in [0.2, 0.25) is 0 Å². The van der Waals surface area contributed by atoms with Gasteiger partial charge in [-0.1, -0.05) is 28.1 Å². The fourth-order valence-corrected chi connectivity index (χ4v) is 4.00. The maximum absolute atomic E-state index is 12.6. The second-order valence-electron chi connectivity index (χ2n) is 6.43. The van der Waals surface area contributed by atoms with Crippen LogP contribution in [0.4, 0.5) is 5.69 Å². The molecule has 0 radical (unpaired) electrons. The summed E-state index contributed by atoms with van der Waals surface area (Å²) in [5, 5.41) is 9.50. The molecule has 6 nitrogen and oxygen atoms in total. The van der Waals surface area contributed by atoms with E-state index in [-0.39, 0.29) is 11.5 Å². The SMILES string of the molecule is CN1C(=O)/C(=C/c2ccc(-c3ccc(Br)cc3)o2)S/C1=N/c1ccc(C(=O)O)cc1. The largest absolute Gasteiger partial charge is 0.478 e. The molecule has 150 valence electrons. The van der Waals surface area contributed by atoms with Gasteiger partial charge in [-0.05, 0) is 60.3 Å². The summed E-state index contributed by atoms with van der Waals surface area (Å²) >= 11 is 4.65. The lowest BCUT2D eigenvalue weighted by atomic mass is 10.2. The number of thioether (sulfide) groups is 1. The van der Waals surface area contributed by atoms with Crippen LogP contribution < -0.4 is 0 Å². The molecule has 1 aliphatic heterocycles. The van der Waals surface area contributed by atoms with E-state index in [0.717, 1.165) is 10.0 Å². The molecule has 0 bridgehead atoms. The summed E-state index contributed by atoms with van der Waals surface area (Å²) < 4.78 is 6.86. The molecule has 0 saturated carbocycles. The van der Waals surface area contributed by atoms with Gasteiger partial charge in [-0.3, -0.25) is 9.69 Å². The average Bonchev–Trinajstić information content (AvgIpc) is 3.30. The van der Waals surface area contributed by atoms with Gasteiger partial charge in [0.05, 0.1) is 16.2 Å². The van der Waals surface area contributed by atoms with Crippen molar-refractivity contribution in [1.82, 2.24) is 4.90 Å². The van der Waals surface area contributed by atoms with Gasteiger partial charge in [0.15, 0.2) is 5.17 Å². The molecule has 0 unspecified atom stereocenters. The number of rotatable bonds is 4. The molecule has 30 heavy (non-hydrogen) atoms. The monoisotopic (exact) mass is 482 g/mol. The summed E-state index contributed by atoms with van der Waals surface area (Å²) in [6.07, 6.45) is 1.70. The molecular formula is C22H15BrN2O4S. The van der Waals surface area contributed by atoms with Crippen molar-refractivity contribution in [3.63, 3.8) is 0 Å². The van der Waals surface area contributed by atoms with Gasteiger partial charge in [-0.25, -0.2) is 9.79 Å². The lowest BCUT2D eigenvalue weighted by Gasteiger charge is -2.07. The Morgan fingerprint density at radius 3 is 2.47 bits per heavy atom. The summed E-state index contributed by atoms with van der Waals surface area (Å²) in [5.74, 6) is 0.111. The first-order chi connectivity index (χ1) is 14.4. The van der Waals surface area contributed by atoms with E-state index in [9.17, 15) is 9.59 Å². The van der Waals surface area contributed by atoms with Crippen LogP contribution in [0.15, 0.2) is 79.5 Å². The quantitative estimate of drug-likeness (QED) is 0.486. The van der Waals surface area contributed by atoms with Crippen LogP contribution in [-0.4, -0.2) is 34.1 Å². The second kappa shape index (κ2) is 8.33. The van der Waals surface area contributed by atoms with E-state index in [1.807, 2.05) is 36.4 Å². The molecule has 1 saturated heterocycles. The van der Waals surface area contributed by atoms with E-state index in [2.05, 4.69) is 20.9 Å². The molecule has 2 heterocycles. The highest BCUT2D eigenvalue weighted by Gasteiger charge is 2.30. The summed E-state index contributed by atoms with van der Waals surface area (Å²) in [6.45, 7) is 0. The van der Waals surface area contributed by atoms with Crippen molar-refractivity contribution in [2.45, 2.75) is 0 Å². The standard InChI is InChI=1S/C22H15BrN2O4S/c1-25-20(26)19(30-22(25)24-16-8-4-14(5-9-16)21(27)28)12-17-10-11-18(29-17)13-2-6-15(23)7-3-13/h2-12H,1H3,(H,27,28)/b19-12-,24-22+. The number of carboxylic acid groups (broad SMARTS) is 1. The third-order valence-corrected chi connectivity index (χ3v) is 5.96. The molecular weight excluding hydrogens is 468 g/mol. The van der Waals surface area contributed by atoms with Crippen LogP contribution in [0.3, 0.4) is 0 Å². The first-order valence-electron chi connectivity index (χ1n) is 8.86. The first-order valence-corrected chi connectivity index (χ1v) is 10.5. The number of likely N-dealkylation sites (N-methyl/N-ethyl adjacent to an activating group) is 1. The molecule has 1 amide bonds. The van der Waals surface area contributed by atoms with Gasteiger partial charge < -0.3 is 9.52 Å². The van der Waals surface area contributed by atoms with Crippen LogP contribution in [0.5, 0.6) is 0 Å². The Bertz CT molecular complexity index is 1180. The number of carboxylic acids is 1.